The molecule has 0 aromatic carbocycles. The fourth-order valence-electron chi connectivity index (χ4n) is 2.18. The van der Waals surface area contributed by atoms with E-state index < -0.39 is 0 Å². The summed E-state index contributed by atoms with van der Waals surface area (Å²) < 4.78 is 1.77. The van der Waals surface area contributed by atoms with Crippen molar-refractivity contribution in [2.45, 2.75) is 38.9 Å². The predicted molar refractivity (Wildman–Crippen MR) is 58.3 cm³/mol. The van der Waals surface area contributed by atoms with Gasteiger partial charge in [-0.15, -0.1) is 5.10 Å². The lowest BCUT2D eigenvalue weighted by Crippen LogP contribution is -2.36. The zero-order chi connectivity index (χ0) is 11.5. The lowest BCUT2D eigenvalue weighted by molar-refractivity contribution is -0.129. The number of nitrogens with two attached hydrogens (primary N) is 1. The summed E-state index contributed by atoms with van der Waals surface area (Å²) in [6.45, 7) is 3.59. The number of amides is 1. The van der Waals surface area contributed by atoms with Crippen molar-refractivity contribution in [3.8, 4) is 0 Å². The summed E-state index contributed by atoms with van der Waals surface area (Å²) in [5, 5.41) is 7.92. The average Bonchev–Trinajstić information content (AvgIpc) is 2.87. The minimum absolute atomic E-state index is 0.140. The first-order valence-corrected chi connectivity index (χ1v) is 5.57. The van der Waals surface area contributed by atoms with Gasteiger partial charge in [-0.2, -0.15) is 0 Å². The molecule has 6 nitrogen and oxygen atoms in total. The van der Waals surface area contributed by atoms with Crippen LogP contribution < -0.4 is 5.73 Å². The average molecular weight is 223 g/mol. The summed E-state index contributed by atoms with van der Waals surface area (Å²) in [5.74, 6) is 0.140. The lowest BCUT2D eigenvalue weighted by atomic mass is 10.2. The van der Waals surface area contributed by atoms with Gasteiger partial charge in [-0.05, 0) is 12.8 Å². The third kappa shape index (κ3) is 2.21. The van der Waals surface area contributed by atoms with Gasteiger partial charge in [0.15, 0.2) is 0 Å². The van der Waals surface area contributed by atoms with E-state index in [1.807, 2.05) is 11.1 Å². The van der Waals surface area contributed by atoms with E-state index in [2.05, 4.69) is 10.3 Å². The van der Waals surface area contributed by atoms with E-state index in [1.165, 1.54) is 0 Å². The number of carbonyl (C=O) groups excluding carboxylic acids is 1. The Balaban J connectivity index is 2.00. The molecule has 0 bridgehead atoms. The number of hydrogen-bond acceptors (Lipinski definition) is 4. The van der Waals surface area contributed by atoms with Gasteiger partial charge in [0.1, 0.15) is 0 Å². The maximum absolute atomic E-state index is 11.4. The molecule has 1 amide bonds. The number of likely N-dealkylation sites (tertiary alicyclic amines) is 1. The van der Waals surface area contributed by atoms with E-state index in [0.717, 1.165) is 25.1 Å². The first-order valence-electron chi connectivity index (χ1n) is 5.57. The molecule has 1 aliphatic heterocycles. The van der Waals surface area contributed by atoms with E-state index in [0.29, 0.717) is 13.1 Å². The van der Waals surface area contributed by atoms with Crippen LogP contribution in [0.4, 0.5) is 0 Å². The largest absolute Gasteiger partial charge is 0.338 e. The smallest absolute Gasteiger partial charge is 0.219 e. The van der Waals surface area contributed by atoms with Crippen LogP contribution in [-0.4, -0.2) is 38.4 Å². The van der Waals surface area contributed by atoms with Crippen LogP contribution in [0.2, 0.25) is 0 Å². The van der Waals surface area contributed by atoms with Gasteiger partial charge in [0.2, 0.25) is 5.91 Å². The van der Waals surface area contributed by atoms with Crippen molar-refractivity contribution in [1.29, 1.82) is 0 Å². The SMILES string of the molecule is CC(=O)N1CCC[C@@H]1Cn1cc(CN)nn1. The number of rotatable bonds is 3. The second-order valence-electron chi connectivity index (χ2n) is 4.14. The van der Waals surface area contributed by atoms with E-state index in [9.17, 15) is 4.79 Å². The molecule has 0 spiro atoms. The number of nitrogens with zero attached hydrogens (tertiary/aromatic N) is 4. The normalized spacial score (nSPS) is 20.4. The minimum Gasteiger partial charge on any atom is -0.338 e. The van der Waals surface area contributed by atoms with Gasteiger partial charge in [0, 0.05) is 26.2 Å². The Morgan fingerprint density at radius 1 is 1.69 bits per heavy atom. The Bertz CT molecular complexity index is 375. The standard InChI is InChI=1S/C10H17N5O/c1-8(16)15-4-2-3-10(15)7-14-6-9(5-11)12-13-14/h6,10H,2-5,7,11H2,1H3/t10-/m1/s1. The van der Waals surface area contributed by atoms with Crippen molar-refractivity contribution in [1.82, 2.24) is 19.9 Å². The Morgan fingerprint density at radius 2 is 2.50 bits per heavy atom. The monoisotopic (exact) mass is 223 g/mol. The summed E-state index contributed by atoms with van der Waals surface area (Å²) in [4.78, 5) is 13.3. The van der Waals surface area contributed by atoms with Crippen LogP contribution in [0.5, 0.6) is 0 Å². The molecule has 88 valence electrons. The summed E-state index contributed by atoms with van der Waals surface area (Å²) in [7, 11) is 0. The quantitative estimate of drug-likeness (QED) is 0.766. The maximum atomic E-state index is 11.4. The van der Waals surface area contributed by atoms with E-state index in [4.69, 9.17) is 5.73 Å². The van der Waals surface area contributed by atoms with Crippen molar-refractivity contribution in [3.63, 3.8) is 0 Å². The van der Waals surface area contributed by atoms with Crippen LogP contribution in [0.15, 0.2) is 6.20 Å². The fourth-order valence-corrected chi connectivity index (χ4v) is 2.18. The summed E-state index contributed by atoms with van der Waals surface area (Å²) >= 11 is 0. The molecule has 1 saturated heterocycles. The zero-order valence-corrected chi connectivity index (χ0v) is 9.46. The number of hydrogen-bond donors (Lipinski definition) is 1. The van der Waals surface area contributed by atoms with E-state index in [-0.39, 0.29) is 11.9 Å². The Kier molecular flexibility index (Phi) is 3.19. The van der Waals surface area contributed by atoms with Crippen molar-refractivity contribution < 1.29 is 4.79 Å². The van der Waals surface area contributed by atoms with Crippen molar-refractivity contribution in [2.75, 3.05) is 6.54 Å². The Morgan fingerprint density at radius 3 is 3.12 bits per heavy atom. The van der Waals surface area contributed by atoms with E-state index in [1.54, 1.807) is 11.6 Å². The first kappa shape index (κ1) is 11.1. The van der Waals surface area contributed by atoms with Gasteiger partial charge < -0.3 is 10.6 Å². The molecule has 1 aromatic heterocycles. The molecular formula is C10H17N5O. The van der Waals surface area contributed by atoms with Crippen LogP contribution >= 0.6 is 0 Å². The molecule has 1 fully saturated rings. The van der Waals surface area contributed by atoms with Crippen LogP contribution in [0.1, 0.15) is 25.5 Å². The van der Waals surface area contributed by atoms with Gasteiger partial charge in [-0.1, -0.05) is 5.21 Å². The van der Waals surface area contributed by atoms with E-state index >= 15 is 0 Å². The highest BCUT2D eigenvalue weighted by atomic mass is 16.2. The van der Waals surface area contributed by atoms with Crippen molar-refractivity contribution in [3.05, 3.63) is 11.9 Å². The zero-order valence-electron chi connectivity index (χ0n) is 9.46. The molecule has 1 aliphatic rings. The van der Waals surface area contributed by atoms with Crippen LogP contribution in [-0.2, 0) is 17.9 Å². The Hall–Kier alpha value is -1.43. The molecular weight excluding hydrogens is 206 g/mol. The van der Waals surface area contributed by atoms with Gasteiger partial charge >= 0.3 is 0 Å². The number of aromatic nitrogens is 3. The Labute approximate surface area is 94.4 Å². The molecule has 0 saturated carbocycles. The molecule has 2 heterocycles. The molecule has 2 rings (SSSR count). The minimum atomic E-state index is 0.140. The maximum Gasteiger partial charge on any atom is 0.219 e. The lowest BCUT2D eigenvalue weighted by Gasteiger charge is -2.22. The second-order valence-corrected chi connectivity index (χ2v) is 4.14. The van der Waals surface area contributed by atoms with Crippen LogP contribution in [0, 0.1) is 0 Å². The molecule has 2 N–H and O–H groups in total. The van der Waals surface area contributed by atoms with Crippen LogP contribution in [0.3, 0.4) is 0 Å². The molecule has 0 unspecified atom stereocenters. The molecule has 0 radical (unpaired) electrons. The molecule has 1 aromatic rings. The first-order chi connectivity index (χ1) is 7.70. The molecule has 0 aliphatic carbocycles. The molecule has 16 heavy (non-hydrogen) atoms. The van der Waals surface area contributed by atoms with Gasteiger partial charge in [0.25, 0.3) is 0 Å². The molecule has 1 atom stereocenters. The number of carbonyl (C=O) groups is 1. The molecule has 6 heteroatoms. The highest BCUT2D eigenvalue weighted by Gasteiger charge is 2.26. The van der Waals surface area contributed by atoms with Crippen LogP contribution in [0.25, 0.3) is 0 Å². The highest BCUT2D eigenvalue weighted by molar-refractivity contribution is 5.73. The van der Waals surface area contributed by atoms with Gasteiger partial charge in [-0.25, -0.2) is 0 Å². The second kappa shape index (κ2) is 4.61. The predicted octanol–water partition coefficient (Wildman–Crippen LogP) is -0.252. The topological polar surface area (TPSA) is 77.0 Å². The summed E-state index contributed by atoms with van der Waals surface area (Å²) in [6, 6.07) is 0.254. The van der Waals surface area contributed by atoms with Crippen molar-refractivity contribution >= 4 is 5.91 Å². The fraction of sp³-hybridized carbons (Fsp3) is 0.700. The summed E-state index contributed by atoms with van der Waals surface area (Å²) in [6.07, 6.45) is 3.96. The summed E-state index contributed by atoms with van der Waals surface area (Å²) in [5.41, 5.74) is 6.25. The highest BCUT2D eigenvalue weighted by Crippen LogP contribution is 2.18. The van der Waals surface area contributed by atoms with Crippen molar-refractivity contribution in [2.24, 2.45) is 5.73 Å². The van der Waals surface area contributed by atoms with Gasteiger partial charge in [-0.3, -0.25) is 9.48 Å². The third-order valence-electron chi connectivity index (χ3n) is 2.97. The third-order valence-corrected chi connectivity index (χ3v) is 2.97. The van der Waals surface area contributed by atoms with Gasteiger partial charge in [0.05, 0.1) is 18.3 Å².